The molecule has 1 aliphatic heterocycles. The Morgan fingerprint density at radius 1 is 1.18 bits per heavy atom. The normalized spacial score (nSPS) is 16.1. The number of rotatable bonds is 3. The molecule has 3 rings (SSSR count). The minimum atomic E-state index is -0.237. The summed E-state index contributed by atoms with van der Waals surface area (Å²) in [5.41, 5.74) is 1.19. The highest BCUT2D eigenvalue weighted by Gasteiger charge is 2.21. The van der Waals surface area contributed by atoms with Crippen LogP contribution in [0, 0.1) is 0 Å². The lowest BCUT2D eigenvalue weighted by Crippen LogP contribution is -2.49. The van der Waals surface area contributed by atoms with Crippen molar-refractivity contribution in [2.24, 2.45) is 0 Å². The van der Waals surface area contributed by atoms with Crippen LogP contribution in [0.15, 0.2) is 35.3 Å². The van der Waals surface area contributed by atoms with Crippen LogP contribution in [0.3, 0.4) is 0 Å². The average Bonchev–Trinajstić information content (AvgIpc) is 2.57. The molecule has 0 atom stereocenters. The van der Waals surface area contributed by atoms with Gasteiger partial charge in [-0.05, 0) is 18.7 Å². The zero-order valence-corrected chi connectivity index (χ0v) is 12.7. The van der Waals surface area contributed by atoms with Crippen LogP contribution < -0.4 is 5.56 Å². The molecule has 1 aromatic heterocycles. The van der Waals surface area contributed by atoms with E-state index >= 15 is 0 Å². The molecule has 116 valence electrons. The third kappa shape index (κ3) is 2.87. The maximum absolute atomic E-state index is 12.5. The van der Waals surface area contributed by atoms with E-state index in [1.165, 1.54) is 10.8 Å². The Morgan fingerprint density at radius 2 is 1.91 bits per heavy atom. The van der Waals surface area contributed by atoms with Crippen molar-refractivity contribution in [3.05, 3.63) is 40.8 Å². The van der Waals surface area contributed by atoms with Gasteiger partial charge in [-0.25, -0.2) is 4.98 Å². The van der Waals surface area contributed by atoms with Crippen LogP contribution in [0.25, 0.3) is 11.0 Å². The standard InChI is InChI=1S/C16H20N4O2/c1-2-18-7-9-19(10-8-18)16(22)12-20-14-6-4-3-5-13(14)17-11-15(20)21/h3-6,11H,2,7-10,12H2,1H3. The molecule has 1 aliphatic rings. The topological polar surface area (TPSA) is 58.4 Å². The van der Waals surface area contributed by atoms with Gasteiger partial charge in [0.1, 0.15) is 6.54 Å². The molecular formula is C16H20N4O2. The number of benzene rings is 1. The number of aromatic nitrogens is 2. The Labute approximate surface area is 129 Å². The van der Waals surface area contributed by atoms with Crippen molar-refractivity contribution in [1.29, 1.82) is 0 Å². The van der Waals surface area contributed by atoms with Gasteiger partial charge in [-0.2, -0.15) is 0 Å². The summed E-state index contributed by atoms with van der Waals surface area (Å²) in [6.07, 6.45) is 1.28. The highest BCUT2D eigenvalue weighted by atomic mass is 16.2. The van der Waals surface area contributed by atoms with E-state index in [4.69, 9.17) is 0 Å². The largest absolute Gasteiger partial charge is 0.339 e. The molecule has 0 saturated carbocycles. The van der Waals surface area contributed by atoms with E-state index in [9.17, 15) is 9.59 Å². The molecule has 1 fully saturated rings. The fourth-order valence-electron chi connectivity index (χ4n) is 2.83. The van der Waals surface area contributed by atoms with Gasteiger partial charge >= 0.3 is 0 Å². The first-order valence-corrected chi connectivity index (χ1v) is 7.63. The Kier molecular flexibility index (Phi) is 4.20. The van der Waals surface area contributed by atoms with Crippen LogP contribution in [0.1, 0.15) is 6.92 Å². The number of amides is 1. The lowest BCUT2D eigenvalue weighted by molar-refractivity contribution is -0.133. The molecule has 0 N–H and O–H groups in total. The van der Waals surface area contributed by atoms with Crippen LogP contribution in [0.2, 0.25) is 0 Å². The second kappa shape index (κ2) is 6.27. The summed E-state index contributed by atoms with van der Waals surface area (Å²) >= 11 is 0. The van der Waals surface area contributed by atoms with Crippen molar-refractivity contribution in [1.82, 2.24) is 19.4 Å². The summed E-state index contributed by atoms with van der Waals surface area (Å²) in [6.45, 7) is 6.46. The molecule has 0 aliphatic carbocycles. The van der Waals surface area contributed by atoms with Crippen molar-refractivity contribution in [2.75, 3.05) is 32.7 Å². The summed E-state index contributed by atoms with van der Waals surface area (Å²) in [5, 5.41) is 0. The van der Waals surface area contributed by atoms with Crippen molar-refractivity contribution < 1.29 is 4.79 Å². The van der Waals surface area contributed by atoms with Gasteiger partial charge in [-0.15, -0.1) is 0 Å². The van der Waals surface area contributed by atoms with Gasteiger partial charge in [0.05, 0.1) is 17.2 Å². The number of likely N-dealkylation sites (N-methyl/N-ethyl adjacent to an activating group) is 1. The van der Waals surface area contributed by atoms with Crippen molar-refractivity contribution in [3.63, 3.8) is 0 Å². The molecule has 0 spiro atoms. The Hall–Kier alpha value is -2.21. The summed E-state index contributed by atoms with van der Waals surface area (Å²) in [7, 11) is 0. The molecule has 1 saturated heterocycles. The molecule has 22 heavy (non-hydrogen) atoms. The fourth-order valence-corrected chi connectivity index (χ4v) is 2.83. The van der Waals surface area contributed by atoms with Gasteiger partial charge in [0, 0.05) is 26.2 Å². The fraction of sp³-hybridized carbons (Fsp3) is 0.438. The van der Waals surface area contributed by atoms with Crippen molar-refractivity contribution in [3.8, 4) is 0 Å². The molecule has 1 aromatic carbocycles. The summed E-state index contributed by atoms with van der Waals surface area (Å²) in [4.78, 5) is 32.8. The van der Waals surface area contributed by atoms with Gasteiger partial charge in [-0.1, -0.05) is 19.1 Å². The molecule has 2 aromatic rings. The average molecular weight is 300 g/mol. The lowest BCUT2D eigenvalue weighted by atomic mass is 10.2. The molecule has 1 amide bonds. The summed E-state index contributed by atoms with van der Waals surface area (Å²) in [6, 6.07) is 7.39. The quantitative estimate of drug-likeness (QED) is 0.831. The SMILES string of the molecule is CCN1CCN(C(=O)Cn2c(=O)cnc3ccccc32)CC1. The first kappa shape index (κ1) is 14.7. The number of carbonyl (C=O) groups is 1. The van der Waals surface area contributed by atoms with E-state index in [1.54, 1.807) is 0 Å². The molecule has 0 bridgehead atoms. The van der Waals surface area contributed by atoms with Crippen LogP contribution in [0.4, 0.5) is 0 Å². The molecule has 6 nitrogen and oxygen atoms in total. The first-order chi connectivity index (χ1) is 10.7. The van der Waals surface area contributed by atoms with E-state index in [2.05, 4.69) is 16.8 Å². The second-order valence-electron chi connectivity index (χ2n) is 5.49. The number of nitrogens with zero attached hydrogens (tertiary/aromatic N) is 4. The van der Waals surface area contributed by atoms with E-state index in [0.717, 1.165) is 38.2 Å². The van der Waals surface area contributed by atoms with Gasteiger partial charge in [0.2, 0.25) is 5.91 Å². The number of para-hydroxylation sites is 2. The minimum absolute atomic E-state index is 0.00536. The minimum Gasteiger partial charge on any atom is -0.339 e. The summed E-state index contributed by atoms with van der Waals surface area (Å²) < 4.78 is 1.51. The van der Waals surface area contributed by atoms with Crippen molar-refractivity contribution in [2.45, 2.75) is 13.5 Å². The number of piperazine rings is 1. The number of carbonyl (C=O) groups excluding carboxylic acids is 1. The second-order valence-corrected chi connectivity index (χ2v) is 5.49. The molecule has 2 heterocycles. The predicted octanol–water partition coefficient (Wildman–Crippen LogP) is 0.561. The Morgan fingerprint density at radius 3 is 2.64 bits per heavy atom. The zero-order chi connectivity index (χ0) is 15.5. The molecule has 0 radical (unpaired) electrons. The van der Waals surface area contributed by atoms with E-state index in [0.29, 0.717) is 5.52 Å². The third-order valence-electron chi connectivity index (χ3n) is 4.22. The monoisotopic (exact) mass is 300 g/mol. The van der Waals surface area contributed by atoms with Gasteiger partial charge in [0.15, 0.2) is 0 Å². The van der Waals surface area contributed by atoms with Crippen LogP contribution in [-0.4, -0.2) is 58.0 Å². The molecule has 0 unspecified atom stereocenters. The highest BCUT2D eigenvalue weighted by molar-refractivity contribution is 5.80. The van der Waals surface area contributed by atoms with Gasteiger partial charge in [-0.3, -0.25) is 14.2 Å². The van der Waals surface area contributed by atoms with Crippen LogP contribution in [-0.2, 0) is 11.3 Å². The summed E-state index contributed by atoms with van der Waals surface area (Å²) in [5.74, 6) is -0.00536. The Balaban J connectivity index is 1.80. The van der Waals surface area contributed by atoms with E-state index in [-0.39, 0.29) is 18.0 Å². The van der Waals surface area contributed by atoms with E-state index in [1.807, 2.05) is 29.2 Å². The van der Waals surface area contributed by atoms with Crippen molar-refractivity contribution >= 4 is 16.9 Å². The predicted molar refractivity (Wildman–Crippen MR) is 84.7 cm³/mol. The number of hydrogen-bond donors (Lipinski definition) is 0. The zero-order valence-electron chi connectivity index (χ0n) is 12.7. The van der Waals surface area contributed by atoms with Crippen LogP contribution in [0.5, 0.6) is 0 Å². The third-order valence-corrected chi connectivity index (χ3v) is 4.22. The maximum atomic E-state index is 12.5. The van der Waals surface area contributed by atoms with Gasteiger partial charge < -0.3 is 9.80 Å². The Bertz CT molecular complexity index is 732. The first-order valence-electron chi connectivity index (χ1n) is 7.63. The maximum Gasteiger partial charge on any atom is 0.269 e. The number of hydrogen-bond acceptors (Lipinski definition) is 4. The number of fused-ring (bicyclic) bond motifs is 1. The molecular weight excluding hydrogens is 280 g/mol. The van der Waals surface area contributed by atoms with Gasteiger partial charge in [0.25, 0.3) is 5.56 Å². The highest BCUT2D eigenvalue weighted by Crippen LogP contribution is 2.09. The van der Waals surface area contributed by atoms with E-state index < -0.39 is 0 Å². The molecule has 6 heteroatoms. The smallest absolute Gasteiger partial charge is 0.269 e. The lowest BCUT2D eigenvalue weighted by Gasteiger charge is -2.34. The van der Waals surface area contributed by atoms with Crippen LogP contribution >= 0.6 is 0 Å².